The van der Waals surface area contributed by atoms with Crippen molar-refractivity contribution in [2.24, 2.45) is 5.92 Å². The monoisotopic (exact) mass is 245 g/mol. The number of benzene rings is 1. The highest BCUT2D eigenvalue weighted by Crippen LogP contribution is 2.37. The van der Waals surface area contributed by atoms with E-state index >= 15 is 0 Å². The Balaban J connectivity index is 2.10. The van der Waals surface area contributed by atoms with Crippen LogP contribution in [-0.4, -0.2) is 13.1 Å². The topological polar surface area (TPSA) is 12.0 Å². The first-order chi connectivity index (χ1) is 8.80. The zero-order chi connectivity index (χ0) is 13.0. The van der Waals surface area contributed by atoms with Crippen molar-refractivity contribution in [2.45, 2.75) is 57.9 Å². The summed E-state index contributed by atoms with van der Waals surface area (Å²) in [6.07, 6.45) is 6.53. The van der Waals surface area contributed by atoms with Gasteiger partial charge in [-0.25, -0.2) is 0 Å². The zero-order valence-electron chi connectivity index (χ0n) is 12.1. The van der Waals surface area contributed by atoms with Crippen LogP contribution in [0.4, 0.5) is 0 Å². The van der Waals surface area contributed by atoms with Crippen LogP contribution >= 0.6 is 0 Å². The lowest BCUT2D eigenvalue weighted by Gasteiger charge is -2.27. The SMILES string of the molecule is CCC(CC)CC(NC)C1CCc2ccccc21. The van der Waals surface area contributed by atoms with Crippen molar-refractivity contribution in [3.05, 3.63) is 35.4 Å². The molecule has 100 valence electrons. The van der Waals surface area contributed by atoms with Crippen molar-refractivity contribution in [1.82, 2.24) is 5.32 Å². The molecule has 0 bridgehead atoms. The van der Waals surface area contributed by atoms with Crippen LogP contribution in [0.5, 0.6) is 0 Å². The zero-order valence-corrected chi connectivity index (χ0v) is 12.1. The fourth-order valence-electron chi connectivity index (χ4n) is 3.47. The van der Waals surface area contributed by atoms with Crippen molar-refractivity contribution in [3.8, 4) is 0 Å². The van der Waals surface area contributed by atoms with Crippen LogP contribution in [0.25, 0.3) is 0 Å². The van der Waals surface area contributed by atoms with Crippen LogP contribution in [0.1, 0.15) is 56.6 Å². The van der Waals surface area contributed by atoms with E-state index in [2.05, 4.69) is 50.5 Å². The molecule has 0 aromatic heterocycles. The Kier molecular flexibility index (Phi) is 4.82. The summed E-state index contributed by atoms with van der Waals surface area (Å²) in [7, 11) is 2.13. The molecule has 0 heterocycles. The van der Waals surface area contributed by atoms with Crippen LogP contribution in [-0.2, 0) is 6.42 Å². The van der Waals surface area contributed by atoms with E-state index in [1.54, 1.807) is 11.1 Å². The van der Waals surface area contributed by atoms with Gasteiger partial charge in [0.15, 0.2) is 0 Å². The van der Waals surface area contributed by atoms with Gasteiger partial charge in [0.25, 0.3) is 0 Å². The van der Waals surface area contributed by atoms with Gasteiger partial charge in [0, 0.05) is 6.04 Å². The molecule has 2 rings (SSSR count). The molecular weight excluding hydrogens is 218 g/mol. The molecule has 1 nitrogen and oxygen atoms in total. The Labute approximate surface area is 112 Å². The maximum Gasteiger partial charge on any atom is 0.0136 e. The van der Waals surface area contributed by atoms with Gasteiger partial charge in [0.1, 0.15) is 0 Å². The lowest BCUT2D eigenvalue weighted by atomic mass is 9.85. The smallest absolute Gasteiger partial charge is 0.0136 e. The summed E-state index contributed by atoms with van der Waals surface area (Å²) in [4.78, 5) is 0. The summed E-state index contributed by atoms with van der Waals surface area (Å²) in [6.45, 7) is 4.65. The highest BCUT2D eigenvalue weighted by Gasteiger charge is 2.29. The summed E-state index contributed by atoms with van der Waals surface area (Å²) >= 11 is 0. The van der Waals surface area contributed by atoms with Crippen LogP contribution in [0.15, 0.2) is 24.3 Å². The van der Waals surface area contributed by atoms with Gasteiger partial charge in [0.2, 0.25) is 0 Å². The first-order valence-electron chi connectivity index (χ1n) is 7.55. The van der Waals surface area contributed by atoms with Crippen molar-refractivity contribution in [2.75, 3.05) is 7.05 Å². The molecule has 0 saturated carbocycles. The van der Waals surface area contributed by atoms with E-state index in [0.29, 0.717) is 6.04 Å². The minimum absolute atomic E-state index is 0.651. The molecule has 1 heteroatoms. The Morgan fingerprint density at radius 2 is 1.94 bits per heavy atom. The number of fused-ring (bicyclic) bond motifs is 1. The Bertz CT molecular complexity index is 368. The van der Waals surface area contributed by atoms with Gasteiger partial charge in [-0.15, -0.1) is 0 Å². The average Bonchev–Trinajstić information content (AvgIpc) is 2.84. The van der Waals surface area contributed by atoms with Crippen LogP contribution in [0.2, 0.25) is 0 Å². The van der Waals surface area contributed by atoms with E-state index in [1.165, 1.54) is 32.1 Å². The van der Waals surface area contributed by atoms with E-state index in [9.17, 15) is 0 Å². The summed E-state index contributed by atoms with van der Waals surface area (Å²) in [5.74, 6) is 1.60. The molecule has 1 N–H and O–H groups in total. The molecule has 2 unspecified atom stereocenters. The predicted octanol–water partition coefficient (Wildman–Crippen LogP) is 4.13. The number of likely N-dealkylation sites (N-methyl/N-ethyl adjacent to an activating group) is 1. The maximum atomic E-state index is 3.58. The second kappa shape index (κ2) is 6.38. The maximum absolute atomic E-state index is 3.58. The third kappa shape index (κ3) is 2.77. The van der Waals surface area contributed by atoms with Crippen LogP contribution in [0, 0.1) is 5.92 Å². The second-order valence-electron chi connectivity index (χ2n) is 5.66. The minimum Gasteiger partial charge on any atom is -0.316 e. The fourth-order valence-corrected chi connectivity index (χ4v) is 3.47. The molecule has 1 aliphatic carbocycles. The molecule has 0 spiro atoms. The summed E-state index contributed by atoms with van der Waals surface area (Å²) < 4.78 is 0. The van der Waals surface area contributed by atoms with Crippen molar-refractivity contribution < 1.29 is 0 Å². The van der Waals surface area contributed by atoms with Gasteiger partial charge < -0.3 is 5.32 Å². The number of aryl methyl sites for hydroxylation is 1. The van der Waals surface area contributed by atoms with E-state index in [0.717, 1.165) is 11.8 Å². The van der Waals surface area contributed by atoms with Gasteiger partial charge in [-0.05, 0) is 49.3 Å². The van der Waals surface area contributed by atoms with Gasteiger partial charge in [-0.3, -0.25) is 0 Å². The number of hydrogen-bond acceptors (Lipinski definition) is 1. The Morgan fingerprint density at radius 3 is 2.61 bits per heavy atom. The van der Waals surface area contributed by atoms with Crippen molar-refractivity contribution in [3.63, 3.8) is 0 Å². The van der Waals surface area contributed by atoms with Gasteiger partial charge in [0.05, 0.1) is 0 Å². The molecular formula is C17H27N. The molecule has 1 aromatic rings. The van der Waals surface area contributed by atoms with Crippen molar-refractivity contribution in [1.29, 1.82) is 0 Å². The van der Waals surface area contributed by atoms with Gasteiger partial charge in [-0.1, -0.05) is 51.0 Å². The van der Waals surface area contributed by atoms with E-state index < -0.39 is 0 Å². The predicted molar refractivity (Wildman–Crippen MR) is 79.0 cm³/mol. The van der Waals surface area contributed by atoms with Gasteiger partial charge in [-0.2, -0.15) is 0 Å². The quantitative estimate of drug-likeness (QED) is 0.794. The molecule has 0 fully saturated rings. The third-order valence-corrected chi connectivity index (χ3v) is 4.78. The Hall–Kier alpha value is -0.820. The van der Waals surface area contributed by atoms with Gasteiger partial charge >= 0.3 is 0 Å². The fraction of sp³-hybridized carbons (Fsp3) is 0.647. The summed E-state index contributed by atoms with van der Waals surface area (Å²) in [6, 6.07) is 9.67. The normalized spacial score (nSPS) is 20.1. The second-order valence-corrected chi connectivity index (χ2v) is 5.66. The molecule has 0 saturated heterocycles. The van der Waals surface area contributed by atoms with E-state index in [-0.39, 0.29) is 0 Å². The van der Waals surface area contributed by atoms with E-state index in [4.69, 9.17) is 0 Å². The van der Waals surface area contributed by atoms with Crippen molar-refractivity contribution >= 4 is 0 Å². The molecule has 0 aliphatic heterocycles. The molecule has 0 amide bonds. The lowest BCUT2D eigenvalue weighted by molar-refractivity contribution is 0.340. The number of nitrogens with one attached hydrogen (secondary N) is 1. The molecule has 0 radical (unpaired) electrons. The molecule has 1 aliphatic rings. The van der Waals surface area contributed by atoms with Crippen LogP contribution in [0.3, 0.4) is 0 Å². The third-order valence-electron chi connectivity index (χ3n) is 4.78. The first-order valence-corrected chi connectivity index (χ1v) is 7.55. The summed E-state index contributed by atoms with van der Waals surface area (Å²) in [5.41, 5.74) is 3.18. The molecule has 1 aromatic carbocycles. The summed E-state index contributed by atoms with van der Waals surface area (Å²) in [5, 5.41) is 3.58. The first kappa shape index (κ1) is 13.6. The highest BCUT2D eigenvalue weighted by molar-refractivity contribution is 5.36. The minimum atomic E-state index is 0.651. The molecule has 18 heavy (non-hydrogen) atoms. The average molecular weight is 245 g/mol. The highest BCUT2D eigenvalue weighted by atomic mass is 14.9. The Morgan fingerprint density at radius 1 is 1.22 bits per heavy atom. The number of hydrogen-bond donors (Lipinski definition) is 1. The number of rotatable bonds is 6. The standard InChI is InChI=1S/C17H27N/c1-4-13(5-2)12-17(18-3)16-11-10-14-8-6-7-9-15(14)16/h6-9,13,16-18H,4-5,10-12H2,1-3H3. The lowest BCUT2D eigenvalue weighted by Crippen LogP contribution is -2.33. The van der Waals surface area contributed by atoms with Crippen LogP contribution < -0.4 is 5.32 Å². The largest absolute Gasteiger partial charge is 0.316 e. The van der Waals surface area contributed by atoms with E-state index in [1.807, 2.05) is 0 Å². The molecule has 2 atom stereocenters.